The van der Waals surface area contributed by atoms with Crippen LogP contribution in [0.4, 0.5) is 5.69 Å². The van der Waals surface area contributed by atoms with Crippen LogP contribution in [0.25, 0.3) is 0 Å². The second kappa shape index (κ2) is 7.77. The van der Waals surface area contributed by atoms with Crippen molar-refractivity contribution in [3.8, 4) is 0 Å². The summed E-state index contributed by atoms with van der Waals surface area (Å²) < 4.78 is 1.06. The Morgan fingerprint density at radius 3 is 2.88 bits per heavy atom. The molecule has 1 amide bonds. The number of aryl methyl sites for hydroxylation is 1. The van der Waals surface area contributed by atoms with Gasteiger partial charge in [-0.2, -0.15) is 11.8 Å². The lowest BCUT2D eigenvalue weighted by Crippen LogP contribution is -2.14. The maximum Gasteiger partial charge on any atom is 0.234 e. The number of nitrogens with one attached hydrogen (secondary N) is 1. The van der Waals surface area contributed by atoms with Crippen molar-refractivity contribution in [2.45, 2.75) is 26.7 Å². The van der Waals surface area contributed by atoms with Crippen LogP contribution in [-0.2, 0) is 4.79 Å². The molecule has 4 heteroatoms. The largest absolute Gasteiger partial charge is 0.325 e. The Hall–Kier alpha value is -0.480. The second-order valence-corrected chi connectivity index (χ2v) is 5.88. The Bertz CT molecular complexity index is 382. The molecular formula is C13H18BrNOS. The van der Waals surface area contributed by atoms with Crippen LogP contribution in [0.2, 0.25) is 0 Å². The molecule has 0 bridgehead atoms. The fourth-order valence-corrected chi connectivity index (χ4v) is 2.47. The van der Waals surface area contributed by atoms with Gasteiger partial charge in [-0.05, 0) is 42.9 Å². The van der Waals surface area contributed by atoms with E-state index in [-0.39, 0.29) is 5.91 Å². The molecule has 0 saturated heterocycles. The van der Waals surface area contributed by atoms with Gasteiger partial charge in [0.25, 0.3) is 0 Å². The quantitative estimate of drug-likeness (QED) is 0.796. The summed E-state index contributed by atoms with van der Waals surface area (Å²) in [6.07, 6.45) is 2.36. The van der Waals surface area contributed by atoms with Crippen molar-refractivity contribution in [1.29, 1.82) is 0 Å². The molecule has 0 unspecified atom stereocenters. The Morgan fingerprint density at radius 2 is 2.24 bits per heavy atom. The van der Waals surface area contributed by atoms with Gasteiger partial charge in [-0.15, -0.1) is 0 Å². The summed E-state index contributed by atoms with van der Waals surface area (Å²) in [5.41, 5.74) is 1.99. The number of halogens is 1. The second-order valence-electron chi connectivity index (χ2n) is 3.92. The molecule has 0 saturated carbocycles. The van der Waals surface area contributed by atoms with Crippen molar-refractivity contribution in [2.24, 2.45) is 0 Å². The SMILES string of the molecule is CCCCSCC(=O)Nc1ccc(Br)c(C)c1. The van der Waals surface area contributed by atoms with E-state index >= 15 is 0 Å². The molecule has 0 fully saturated rings. The summed E-state index contributed by atoms with van der Waals surface area (Å²) >= 11 is 5.13. The molecular weight excluding hydrogens is 298 g/mol. The molecule has 94 valence electrons. The average Bonchev–Trinajstić information content (AvgIpc) is 2.30. The number of amides is 1. The first-order chi connectivity index (χ1) is 8.13. The van der Waals surface area contributed by atoms with Crippen LogP contribution in [0, 0.1) is 6.92 Å². The molecule has 0 heterocycles. The van der Waals surface area contributed by atoms with Gasteiger partial charge in [0, 0.05) is 10.2 Å². The van der Waals surface area contributed by atoms with Gasteiger partial charge in [0.05, 0.1) is 5.75 Å². The highest BCUT2D eigenvalue weighted by atomic mass is 79.9. The zero-order chi connectivity index (χ0) is 12.7. The van der Waals surface area contributed by atoms with E-state index in [4.69, 9.17) is 0 Å². The van der Waals surface area contributed by atoms with Gasteiger partial charge in [0.15, 0.2) is 0 Å². The van der Waals surface area contributed by atoms with Crippen LogP contribution in [0.1, 0.15) is 25.3 Å². The number of benzene rings is 1. The Morgan fingerprint density at radius 1 is 1.47 bits per heavy atom. The van der Waals surface area contributed by atoms with Crippen LogP contribution in [0.15, 0.2) is 22.7 Å². The van der Waals surface area contributed by atoms with Crippen LogP contribution in [-0.4, -0.2) is 17.4 Å². The summed E-state index contributed by atoms with van der Waals surface area (Å²) in [5, 5.41) is 2.91. The van der Waals surface area contributed by atoms with Gasteiger partial charge in [0.2, 0.25) is 5.91 Å². The third-order valence-electron chi connectivity index (χ3n) is 2.32. The lowest BCUT2D eigenvalue weighted by molar-refractivity contribution is -0.113. The maximum absolute atomic E-state index is 11.6. The van der Waals surface area contributed by atoms with Crippen LogP contribution in [0.5, 0.6) is 0 Å². The minimum atomic E-state index is 0.0767. The summed E-state index contributed by atoms with van der Waals surface area (Å²) in [6, 6.07) is 5.83. The summed E-state index contributed by atoms with van der Waals surface area (Å²) in [6.45, 7) is 4.17. The number of anilines is 1. The van der Waals surface area contributed by atoms with Gasteiger partial charge in [-0.25, -0.2) is 0 Å². The molecule has 0 aliphatic carbocycles. The molecule has 2 nitrogen and oxygen atoms in total. The number of rotatable bonds is 6. The van der Waals surface area contributed by atoms with E-state index in [1.807, 2.05) is 25.1 Å². The molecule has 0 aliphatic heterocycles. The van der Waals surface area contributed by atoms with Gasteiger partial charge in [0.1, 0.15) is 0 Å². The first kappa shape index (κ1) is 14.6. The fourth-order valence-electron chi connectivity index (χ4n) is 1.33. The number of carbonyl (C=O) groups excluding carboxylic acids is 1. The first-order valence-electron chi connectivity index (χ1n) is 5.77. The van der Waals surface area contributed by atoms with E-state index in [9.17, 15) is 4.79 Å². The fraction of sp³-hybridized carbons (Fsp3) is 0.462. The lowest BCUT2D eigenvalue weighted by atomic mass is 10.2. The number of hydrogen-bond acceptors (Lipinski definition) is 2. The van der Waals surface area contributed by atoms with E-state index in [0.717, 1.165) is 21.5 Å². The number of carbonyl (C=O) groups is 1. The smallest absolute Gasteiger partial charge is 0.234 e. The predicted molar refractivity (Wildman–Crippen MR) is 79.7 cm³/mol. The molecule has 1 aromatic rings. The highest BCUT2D eigenvalue weighted by molar-refractivity contribution is 9.10. The highest BCUT2D eigenvalue weighted by Gasteiger charge is 2.03. The van der Waals surface area contributed by atoms with E-state index < -0.39 is 0 Å². The molecule has 0 spiro atoms. The van der Waals surface area contributed by atoms with E-state index in [1.54, 1.807) is 11.8 Å². The molecule has 0 aromatic heterocycles. The van der Waals surface area contributed by atoms with Crippen LogP contribution >= 0.6 is 27.7 Å². The highest BCUT2D eigenvalue weighted by Crippen LogP contribution is 2.20. The standard InChI is InChI=1S/C13H18BrNOS/c1-3-4-7-17-9-13(16)15-11-5-6-12(14)10(2)8-11/h5-6,8H,3-4,7,9H2,1-2H3,(H,15,16). The first-order valence-corrected chi connectivity index (χ1v) is 7.72. The van der Waals surface area contributed by atoms with Crippen molar-refractivity contribution in [1.82, 2.24) is 0 Å². The molecule has 0 atom stereocenters. The Labute approximate surface area is 116 Å². The average molecular weight is 316 g/mol. The van der Waals surface area contributed by atoms with Gasteiger partial charge >= 0.3 is 0 Å². The predicted octanol–water partition coefficient (Wildman–Crippen LogP) is 4.23. The molecule has 1 aromatic carbocycles. The maximum atomic E-state index is 11.6. The number of hydrogen-bond donors (Lipinski definition) is 1. The van der Waals surface area contributed by atoms with Gasteiger partial charge in [-0.3, -0.25) is 4.79 Å². The summed E-state index contributed by atoms with van der Waals surface area (Å²) in [7, 11) is 0. The minimum Gasteiger partial charge on any atom is -0.325 e. The Kier molecular flexibility index (Phi) is 6.66. The molecule has 0 aliphatic rings. The zero-order valence-electron chi connectivity index (χ0n) is 10.3. The number of unbranched alkanes of at least 4 members (excludes halogenated alkanes) is 1. The monoisotopic (exact) mass is 315 g/mol. The van der Waals surface area contributed by atoms with Gasteiger partial charge < -0.3 is 5.32 Å². The summed E-state index contributed by atoms with van der Waals surface area (Å²) in [4.78, 5) is 11.6. The molecule has 17 heavy (non-hydrogen) atoms. The van der Waals surface area contributed by atoms with Crippen molar-refractivity contribution >= 4 is 39.3 Å². The van der Waals surface area contributed by atoms with Crippen molar-refractivity contribution < 1.29 is 4.79 Å². The van der Waals surface area contributed by atoms with E-state index in [2.05, 4.69) is 28.2 Å². The topological polar surface area (TPSA) is 29.1 Å². The van der Waals surface area contributed by atoms with Crippen LogP contribution in [0.3, 0.4) is 0 Å². The normalized spacial score (nSPS) is 10.3. The molecule has 1 N–H and O–H groups in total. The van der Waals surface area contributed by atoms with E-state index in [1.165, 1.54) is 12.8 Å². The summed E-state index contributed by atoms with van der Waals surface area (Å²) in [5.74, 6) is 1.67. The van der Waals surface area contributed by atoms with Crippen LogP contribution < -0.4 is 5.32 Å². The van der Waals surface area contributed by atoms with Crippen molar-refractivity contribution in [3.63, 3.8) is 0 Å². The molecule has 0 radical (unpaired) electrons. The number of thioether (sulfide) groups is 1. The minimum absolute atomic E-state index is 0.0767. The van der Waals surface area contributed by atoms with Crippen molar-refractivity contribution in [3.05, 3.63) is 28.2 Å². The lowest BCUT2D eigenvalue weighted by Gasteiger charge is -2.06. The zero-order valence-corrected chi connectivity index (χ0v) is 12.7. The van der Waals surface area contributed by atoms with E-state index in [0.29, 0.717) is 5.75 Å². The Balaban J connectivity index is 2.37. The van der Waals surface area contributed by atoms with Gasteiger partial charge in [-0.1, -0.05) is 29.3 Å². The third-order valence-corrected chi connectivity index (χ3v) is 4.25. The molecule has 1 rings (SSSR count). The van der Waals surface area contributed by atoms with Crippen molar-refractivity contribution in [2.75, 3.05) is 16.8 Å². The third kappa shape index (κ3) is 5.59.